The number of nitrogens with one attached hydrogen (secondary N) is 1. The number of H-pyrrole nitrogens is 1. The zero-order chi connectivity index (χ0) is 16.0. The lowest BCUT2D eigenvalue weighted by Crippen LogP contribution is -2.48. The number of rotatable bonds is 2. The Bertz CT molecular complexity index is 941. The summed E-state index contributed by atoms with van der Waals surface area (Å²) in [7, 11) is 0. The summed E-state index contributed by atoms with van der Waals surface area (Å²) in [5.74, 6) is 0.403. The number of aromatic nitrogens is 4. The summed E-state index contributed by atoms with van der Waals surface area (Å²) in [6.07, 6.45) is 0.529. The van der Waals surface area contributed by atoms with Gasteiger partial charge in [-0.3, -0.25) is 4.79 Å². The standard InChI is InChI=1S/C15H13N5O3/c21-14-11-6-16-20(10-4-2-1-3-5-10)13(11)17-12(18-14)9-7-19(8-9)15(22)23/h1-6,9H,7-8H2,(H,22,23)(H,17,18,21). The molecule has 1 aliphatic heterocycles. The molecule has 2 N–H and O–H groups in total. The van der Waals surface area contributed by atoms with Crippen molar-refractivity contribution in [2.24, 2.45) is 0 Å². The van der Waals surface area contributed by atoms with E-state index in [0.717, 1.165) is 5.69 Å². The molecule has 0 atom stereocenters. The first-order valence-corrected chi connectivity index (χ1v) is 7.15. The maximum absolute atomic E-state index is 12.2. The van der Waals surface area contributed by atoms with Gasteiger partial charge in [-0.05, 0) is 12.1 Å². The SMILES string of the molecule is O=C(O)N1CC(c2nc3c(cnn3-c3ccccc3)c(=O)[nH]2)C1. The van der Waals surface area contributed by atoms with E-state index in [1.807, 2.05) is 30.3 Å². The van der Waals surface area contributed by atoms with Gasteiger partial charge in [-0.25, -0.2) is 14.5 Å². The van der Waals surface area contributed by atoms with Gasteiger partial charge in [0.25, 0.3) is 5.56 Å². The molecule has 1 aliphatic rings. The van der Waals surface area contributed by atoms with Crippen LogP contribution in [-0.2, 0) is 0 Å². The Kier molecular flexibility index (Phi) is 2.90. The van der Waals surface area contributed by atoms with Crippen LogP contribution in [0.5, 0.6) is 0 Å². The van der Waals surface area contributed by atoms with Crippen molar-refractivity contribution >= 4 is 17.1 Å². The number of hydrogen-bond acceptors (Lipinski definition) is 4. The van der Waals surface area contributed by atoms with Crippen LogP contribution in [0.3, 0.4) is 0 Å². The third kappa shape index (κ3) is 2.15. The minimum atomic E-state index is -0.959. The molecular weight excluding hydrogens is 298 g/mol. The van der Waals surface area contributed by atoms with E-state index in [9.17, 15) is 9.59 Å². The number of aromatic amines is 1. The van der Waals surface area contributed by atoms with E-state index < -0.39 is 6.09 Å². The number of benzene rings is 1. The molecule has 1 fully saturated rings. The van der Waals surface area contributed by atoms with E-state index in [4.69, 9.17) is 5.11 Å². The number of para-hydroxylation sites is 1. The fraction of sp³-hybridized carbons (Fsp3) is 0.200. The molecule has 0 saturated carbocycles. The number of carboxylic acid groups (broad SMARTS) is 1. The molecule has 3 heterocycles. The molecular formula is C15H13N5O3. The summed E-state index contributed by atoms with van der Waals surface area (Å²) in [6, 6.07) is 9.42. The lowest BCUT2D eigenvalue weighted by atomic mass is 10.00. The molecule has 8 heteroatoms. The molecule has 4 rings (SSSR count). The van der Waals surface area contributed by atoms with Gasteiger partial charge in [0.1, 0.15) is 11.2 Å². The smallest absolute Gasteiger partial charge is 0.407 e. The summed E-state index contributed by atoms with van der Waals surface area (Å²) in [6.45, 7) is 0.673. The van der Waals surface area contributed by atoms with Crippen molar-refractivity contribution in [2.45, 2.75) is 5.92 Å². The minimum Gasteiger partial charge on any atom is -0.465 e. The molecule has 116 valence electrons. The Morgan fingerprint density at radius 1 is 1.26 bits per heavy atom. The monoisotopic (exact) mass is 311 g/mol. The topological polar surface area (TPSA) is 104 Å². The number of fused-ring (bicyclic) bond motifs is 1. The van der Waals surface area contributed by atoms with E-state index >= 15 is 0 Å². The average Bonchev–Trinajstić information content (AvgIpc) is 2.90. The molecule has 0 spiro atoms. The highest BCUT2D eigenvalue weighted by molar-refractivity contribution is 5.75. The quantitative estimate of drug-likeness (QED) is 0.739. The van der Waals surface area contributed by atoms with Gasteiger partial charge in [-0.15, -0.1) is 0 Å². The third-order valence-corrected chi connectivity index (χ3v) is 4.00. The largest absolute Gasteiger partial charge is 0.465 e. The lowest BCUT2D eigenvalue weighted by Gasteiger charge is -2.36. The minimum absolute atomic E-state index is 0.0951. The maximum Gasteiger partial charge on any atom is 0.407 e. The van der Waals surface area contributed by atoms with Gasteiger partial charge < -0.3 is 15.0 Å². The van der Waals surface area contributed by atoms with Crippen molar-refractivity contribution in [3.63, 3.8) is 0 Å². The molecule has 0 radical (unpaired) electrons. The van der Waals surface area contributed by atoms with Gasteiger partial charge >= 0.3 is 6.09 Å². The van der Waals surface area contributed by atoms with Crippen molar-refractivity contribution in [1.29, 1.82) is 0 Å². The highest BCUT2D eigenvalue weighted by Crippen LogP contribution is 2.25. The summed E-state index contributed by atoms with van der Waals surface area (Å²) in [5, 5.41) is 13.6. The fourth-order valence-corrected chi connectivity index (χ4v) is 2.69. The van der Waals surface area contributed by atoms with E-state index in [1.54, 1.807) is 4.68 Å². The first-order valence-electron chi connectivity index (χ1n) is 7.15. The Labute approximate surface area is 130 Å². The molecule has 0 bridgehead atoms. The van der Waals surface area contributed by atoms with Crippen LogP contribution in [0.2, 0.25) is 0 Å². The van der Waals surface area contributed by atoms with Crippen LogP contribution in [0.4, 0.5) is 4.79 Å². The second-order valence-corrected chi connectivity index (χ2v) is 5.46. The van der Waals surface area contributed by atoms with Crippen LogP contribution in [-0.4, -0.2) is 48.9 Å². The van der Waals surface area contributed by atoms with E-state index in [-0.39, 0.29) is 11.5 Å². The zero-order valence-electron chi connectivity index (χ0n) is 12.0. The average molecular weight is 311 g/mol. The highest BCUT2D eigenvalue weighted by Gasteiger charge is 2.33. The van der Waals surface area contributed by atoms with Gasteiger partial charge in [0.2, 0.25) is 0 Å². The molecule has 23 heavy (non-hydrogen) atoms. The van der Waals surface area contributed by atoms with Gasteiger partial charge in [-0.1, -0.05) is 18.2 Å². The Morgan fingerprint density at radius 3 is 2.70 bits per heavy atom. The zero-order valence-corrected chi connectivity index (χ0v) is 12.0. The van der Waals surface area contributed by atoms with Crippen molar-refractivity contribution < 1.29 is 9.90 Å². The van der Waals surface area contributed by atoms with Gasteiger partial charge in [0.05, 0.1) is 17.8 Å². The van der Waals surface area contributed by atoms with Crippen LogP contribution in [0, 0.1) is 0 Å². The fourth-order valence-electron chi connectivity index (χ4n) is 2.69. The van der Waals surface area contributed by atoms with E-state index in [2.05, 4.69) is 15.1 Å². The molecule has 1 aromatic carbocycles. The van der Waals surface area contributed by atoms with Crippen LogP contribution in [0.15, 0.2) is 41.3 Å². The molecule has 0 unspecified atom stereocenters. The summed E-state index contributed by atoms with van der Waals surface area (Å²) >= 11 is 0. The van der Waals surface area contributed by atoms with Crippen molar-refractivity contribution in [2.75, 3.05) is 13.1 Å². The first-order chi connectivity index (χ1) is 11.1. The predicted octanol–water partition coefficient (Wildman–Crippen LogP) is 1.19. The Balaban J connectivity index is 1.78. The molecule has 3 aromatic rings. The van der Waals surface area contributed by atoms with Crippen LogP contribution in [0.25, 0.3) is 16.7 Å². The van der Waals surface area contributed by atoms with E-state index in [0.29, 0.717) is 29.9 Å². The second-order valence-electron chi connectivity index (χ2n) is 5.46. The number of amides is 1. The number of hydrogen-bond donors (Lipinski definition) is 2. The lowest BCUT2D eigenvalue weighted by molar-refractivity contribution is 0.103. The predicted molar refractivity (Wildman–Crippen MR) is 81.8 cm³/mol. The van der Waals surface area contributed by atoms with Crippen molar-refractivity contribution in [3.05, 3.63) is 52.7 Å². The Hall–Kier alpha value is -3.16. The van der Waals surface area contributed by atoms with Crippen LogP contribution in [0.1, 0.15) is 11.7 Å². The van der Waals surface area contributed by atoms with Gasteiger partial charge in [0.15, 0.2) is 5.65 Å². The molecule has 1 saturated heterocycles. The molecule has 0 aliphatic carbocycles. The highest BCUT2D eigenvalue weighted by atomic mass is 16.4. The second kappa shape index (κ2) is 4.94. The summed E-state index contributed by atoms with van der Waals surface area (Å²) in [5.41, 5.74) is 1.03. The molecule has 1 amide bonds. The van der Waals surface area contributed by atoms with Gasteiger partial charge in [-0.2, -0.15) is 5.10 Å². The molecule has 8 nitrogen and oxygen atoms in total. The summed E-state index contributed by atoms with van der Waals surface area (Å²) in [4.78, 5) is 31.6. The Morgan fingerprint density at radius 2 is 2.00 bits per heavy atom. The normalized spacial score (nSPS) is 14.9. The van der Waals surface area contributed by atoms with Gasteiger partial charge in [0, 0.05) is 13.1 Å². The molecule has 2 aromatic heterocycles. The maximum atomic E-state index is 12.2. The van der Waals surface area contributed by atoms with Crippen LogP contribution < -0.4 is 5.56 Å². The van der Waals surface area contributed by atoms with E-state index in [1.165, 1.54) is 11.1 Å². The van der Waals surface area contributed by atoms with Crippen molar-refractivity contribution in [3.8, 4) is 5.69 Å². The summed E-state index contributed by atoms with van der Waals surface area (Å²) < 4.78 is 1.61. The number of nitrogens with zero attached hydrogens (tertiary/aromatic N) is 4. The van der Waals surface area contributed by atoms with Crippen molar-refractivity contribution in [1.82, 2.24) is 24.6 Å². The number of likely N-dealkylation sites (tertiary alicyclic amines) is 1. The third-order valence-electron chi connectivity index (χ3n) is 4.00. The first kappa shape index (κ1) is 13.5. The number of carbonyl (C=O) groups is 1. The van der Waals surface area contributed by atoms with Crippen LogP contribution >= 0.6 is 0 Å².